The van der Waals surface area contributed by atoms with Crippen molar-refractivity contribution in [2.45, 2.75) is 38.6 Å². The maximum Gasteiger partial charge on any atom is 0.213 e. The molecule has 94 valence electrons. The number of nitrogens with zero attached hydrogens (tertiary/aromatic N) is 1. The van der Waals surface area contributed by atoms with E-state index in [1.807, 2.05) is 19.3 Å². The maximum atomic E-state index is 5.75. The predicted molar refractivity (Wildman–Crippen MR) is 69.1 cm³/mol. The lowest BCUT2D eigenvalue weighted by Gasteiger charge is -2.21. The molecule has 1 saturated carbocycles. The Morgan fingerprint density at radius 2 is 2.12 bits per heavy atom. The summed E-state index contributed by atoms with van der Waals surface area (Å²) in [6.45, 7) is 1.69. The monoisotopic (exact) mass is 234 g/mol. The van der Waals surface area contributed by atoms with Crippen molar-refractivity contribution in [2.75, 3.05) is 13.7 Å². The van der Waals surface area contributed by atoms with Crippen molar-refractivity contribution < 1.29 is 4.74 Å². The zero-order valence-corrected chi connectivity index (χ0v) is 10.6. The minimum atomic E-state index is 0.738. The molecular formula is C14H22N2O. The van der Waals surface area contributed by atoms with Crippen molar-refractivity contribution in [1.82, 2.24) is 10.3 Å². The zero-order valence-electron chi connectivity index (χ0n) is 10.6. The highest BCUT2D eigenvalue weighted by molar-refractivity contribution is 5.17. The molecule has 0 bridgehead atoms. The Hall–Kier alpha value is -1.09. The topological polar surface area (TPSA) is 34.1 Å². The van der Waals surface area contributed by atoms with E-state index in [0.717, 1.165) is 24.9 Å². The van der Waals surface area contributed by atoms with Crippen LogP contribution in [-0.2, 0) is 6.54 Å². The lowest BCUT2D eigenvalue weighted by molar-refractivity contribution is 0.203. The molecule has 0 aliphatic heterocycles. The highest BCUT2D eigenvalue weighted by Gasteiger charge is 2.13. The molecule has 17 heavy (non-hydrogen) atoms. The number of ether oxygens (including phenoxy) is 1. The average Bonchev–Trinajstić information content (AvgIpc) is 2.40. The highest BCUT2D eigenvalue weighted by Crippen LogP contribution is 2.24. The molecule has 0 atom stereocenters. The van der Waals surface area contributed by atoms with Gasteiger partial charge < -0.3 is 10.1 Å². The van der Waals surface area contributed by atoms with Crippen molar-refractivity contribution in [3.05, 3.63) is 23.9 Å². The second kappa shape index (κ2) is 6.60. The summed E-state index contributed by atoms with van der Waals surface area (Å²) >= 11 is 0. The SMILES string of the molecule is CNCc1ccc(OCC2CCCCC2)nc1. The van der Waals surface area contributed by atoms with E-state index in [0.29, 0.717) is 0 Å². The van der Waals surface area contributed by atoms with Gasteiger partial charge >= 0.3 is 0 Å². The third-order valence-corrected chi connectivity index (χ3v) is 3.37. The molecule has 1 aliphatic carbocycles. The first-order chi connectivity index (χ1) is 8.38. The maximum absolute atomic E-state index is 5.75. The van der Waals surface area contributed by atoms with Crippen molar-refractivity contribution in [2.24, 2.45) is 5.92 Å². The van der Waals surface area contributed by atoms with Crippen LogP contribution in [0.15, 0.2) is 18.3 Å². The normalized spacial score (nSPS) is 17.0. The summed E-state index contributed by atoms with van der Waals surface area (Å²) < 4.78 is 5.75. The van der Waals surface area contributed by atoms with Gasteiger partial charge in [0.25, 0.3) is 0 Å². The Balaban J connectivity index is 1.77. The van der Waals surface area contributed by atoms with Gasteiger partial charge in [-0.1, -0.05) is 25.3 Å². The Morgan fingerprint density at radius 1 is 1.29 bits per heavy atom. The summed E-state index contributed by atoms with van der Waals surface area (Å²) in [6, 6.07) is 4.04. The van der Waals surface area contributed by atoms with Crippen molar-refractivity contribution in [3.63, 3.8) is 0 Å². The van der Waals surface area contributed by atoms with Gasteiger partial charge in [-0.25, -0.2) is 4.98 Å². The molecule has 0 radical (unpaired) electrons. The third-order valence-electron chi connectivity index (χ3n) is 3.37. The Bertz CT molecular complexity index is 317. The standard InChI is InChI=1S/C14H22N2O/c1-15-9-13-7-8-14(16-10-13)17-11-12-5-3-2-4-6-12/h7-8,10,12,15H,2-6,9,11H2,1H3. The van der Waals surface area contributed by atoms with E-state index in [2.05, 4.69) is 16.4 Å². The zero-order chi connectivity index (χ0) is 11.9. The molecule has 0 aromatic carbocycles. The predicted octanol–water partition coefficient (Wildman–Crippen LogP) is 2.76. The van der Waals surface area contributed by atoms with Gasteiger partial charge in [0, 0.05) is 18.8 Å². The average molecular weight is 234 g/mol. The lowest BCUT2D eigenvalue weighted by Crippen LogP contribution is -2.15. The molecule has 1 aliphatic rings. The third kappa shape index (κ3) is 4.00. The molecular weight excluding hydrogens is 212 g/mol. The van der Waals surface area contributed by atoms with Crippen LogP contribution in [0.5, 0.6) is 5.88 Å². The number of rotatable bonds is 5. The summed E-state index contributed by atoms with van der Waals surface area (Å²) in [6.07, 6.45) is 8.64. The number of hydrogen-bond acceptors (Lipinski definition) is 3. The van der Waals surface area contributed by atoms with Gasteiger partial charge in [0.15, 0.2) is 0 Å². The summed E-state index contributed by atoms with van der Waals surface area (Å²) in [4.78, 5) is 4.32. The van der Waals surface area contributed by atoms with Crippen LogP contribution in [0.3, 0.4) is 0 Å². The molecule has 0 amide bonds. The fourth-order valence-electron chi connectivity index (χ4n) is 2.36. The Morgan fingerprint density at radius 3 is 2.76 bits per heavy atom. The van der Waals surface area contributed by atoms with E-state index in [1.54, 1.807) is 0 Å². The molecule has 0 spiro atoms. The summed E-state index contributed by atoms with van der Waals surface area (Å²) in [5.74, 6) is 1.50. The van der Waals surface area contributed by atoms with Crippen LogP contribution in [-0.4, -0.2) is 18.6 Å². The fraction of sp³-hybridized carbons (Fsp3) is 0.643. The summed E-state index contributed by atoms with van der Waals surface area (Å²) in [5, 5.41) is 3.11. The number of aromatic nitrogens is 1. The molecule has 1 aromatic heterocycles. The molecule has 2 rings (SSSR count). The lowest BCUT2D eigenvalue weighted by atomic mass is 9.90. The first-order valence-electron chi connectivity index (χ1n) is 6.61. The van der Waals surface area contributed by atoms with E-state index in [-0.39, 0.29) is 0 Å². The number of nitrogens with one attached hydrogen (secondary N) is 1. The molecule has 1 aromatic rings. The van der Waals surface area contributed by atoms with Gasteiger partial charge in [0.05, 0.1) is 6.61 Å². The first-order valence-corrected chi connectivity index (χ1v) is 6.61. The number of hydrogen-bond donors (Lipinski definition) is 1. The largest absolute Gasteiger partial charge is 0.477 e. The van der Waals surface area contributed by atoms with E-state index in [4.69, 9.17) is 4.74 Å². The van der Waals surface area contributed by atoms with Crippen molar-refractivity contribution in [3.8, 4) is 5.88 Å². The Labute approximate surface area is 104 Å². The van der Waals surface area contributed by atoms with Crippen LogP contribution < -0.4 is 10.1 Å². The van der Waals surface area contributed by atoms with Gasteiger partial charge in [-0.05, 0) is 31.4 Å². The molecule has 3 nitrogen and oxygen atoms in total. The summed E-state index contributed by atoms with van der Waals surface area (Å²) in [5.41, 5.74) is 1.19. The molecule has 1 N–H and O–H groups in total. The van der Waals surface area contributed by atoms with Gasteiger partial charge in [0.1, 0.15) is 0 Å². The van der Waals surface area contributed by atoms with Gasteiger partial charge in [-0.3, -0.25) is 0 Å². The minimum absolute atomic E-state index is 0.738. The van der Waals surface area contributed by atoms with Crippen LogP contribution in [0.2, 0.25) is 0 Å². The first kappa shape index (κ1) is 12.4. The van der Waals surface area contributed by atoms with Crippen LogP contribution >= 0.6 is 0 Å². The van der Waals surface area contributed by atoms with Gasteiger partial charge in [-0.15, -0.1) is 0 Å². The smallest absolute Gasteiger partial charge is 0.213 e. The van der Waals surface area contributed by atoms with E-state index in [1.165, 1.54) is 37.7 Å². The van der Waals surface area contributed by atoms with E-state index >= 15 is 0 Å². The minimum Gasteiger partial charge on any atom is -0.477 e. The quantitative estimate of drug-likeness (QED) is 0.850. The fourth-order valence-corrected chi connectivity index (χ4v) is 2.36. The second-order valence-electron chi connectivity index (χ2n) is 4.85. The summed E-state index contributed by atoms with van der Waals surface area (Å²) in [7, 11) is 1.94. The Kier molecular flexibility index (Phi) is 4.80. The van der Waals surface area contributed by atoms with Crippen molar-refractivity contribution in [1.29, 1.82) is 0 Å². The van der Waals surface area contributed by atoms with Crippen LogP contribution in [0.1, 0.15) is 37.7 Å². The highest BCUT2D eigenvalue weighted by atomic mass is 16.5. The van der Waals surface area contributed by atoms with Crippen LogP contribution in [0.25, 0.3) is 0 Å². The van der Waals surface area contributed by atoms with Crippen LogP contribution in [0, 0.1) is 5.92 Å². The number of pyridine rings is 1. The molecule has 0 unspecified atom stereocenters. The molecule has 3 heteroatoms. The molecule has 1 heterocycles. The molecule has 1 fully saturated rings. The van der Waals surface area contributed by atoms with Crippen molar-refractivity contribution >= 4 is 0 Å². The van der Waals surface area contributed by atoms with Crippen LogP contribution in [0.4, 0.5) is 0 Å². The van der Waals surface area contributed by atoms with E-state index < -0.39 is 0 Å². The van der Waals surface area contributed by atoms with Gasteiger partial charge in [-0.2, -0.15) is 0 Å². The second-order valence-corrected chi connectivity index (χ2v) is 4.85. The van der Waals surface area contributed by atoms with E-state index in [9.17, 15) is 0 Å². The molecule has 0 saturated heterocycles. The van der Waals surface area contributed by atoms with Gasteiger partial charge in [0.2, 0.25) is 5.88 Å².